The molecular weight excluding hydrogens is 222 g/mol. The monoisotopic (exact) mass is 237 g/mol. The Morgan fingerprint density at radius 3 is 3.00 bits per heavy atom. The van der Waals surface area contributed by atoms with Crippen LogP contribution in [0.15, 0.2) is 18.5 Å². The molecule has 0 spiro atoms. The summed E-state index contributed by atoms with van der Waals surface area (Å²) < 4.78 is 10.2. The van der Waals surface area contributed by atoms with Gasteiger partial charge in [-0.3, -0.25) is 4.68 Å². The smallest absolute Gasteiger partial charge is 0.0973 e. The number of nitrogens with one attached hydrogen (secondary N) is 1. The Hall–Kier alpha value is -1.27. The highest BCUT2D eigenvalue weighted by Crippen LogP contribution is 2.19. The van der Waals surface area contributed by atoms with Crippen molar-refractivity contribution in [3.8, 4) is 0 Å². The van der Waals surface area contributed by atoms with Crippen LogP contribution in [0, 0.1) is 0 Å². The molecular formula is C10H15N5S. The Bertz CT molecular complexity index is 422. The summed E-state index contributed by atoms with van der Waals surface area (Å²) in [5, 5.41) is 7.65. The molecule has 2 rings (SSSR count). The molecule has 1 atom stereocenters. The van der Waals surface area contributed by atoms with E-state index < -0.39 is 0 Å². The van der Waals surface area contributed by atoms with E-state index in [9.17, 15) is 0 Å². The van der Waals surface area contributed by atoms with E-state index in [1.807, 2.05) is 24.0 Å². The first-order valence-electron chi connectivity index (χ1n) is 5.31. The van der Waals surface area contributed by atoms with E-state index in [1.54, 1.807) is 6.20 Å². The first kappa shape index (κ1) is 11.2. The second-order valence-electron chi connectivity index (χ2n) is 3.60. The van der Waals surface area contributed by atoms with Crippen LogP contribution in [0.4, 0.5) is 0 Å². The third kappa shape index (κ3) is 2.28. The fraction of sp³-hybridized carbons (Fsp3) is 0.500. The molecule has 0 fully saturated rings. The zero-order valence-corrected chi connectivity index (χ0v) is 10.2. The van der Waals surface area contributed by atoms with E-state index in [0.29, 0.717) is 0 Å². The molecule has 86 valence electrons. The van der Waals surface area contributed by atoms with Crippen molar-refractivity contribution in [1.82, 2.24) is 23.8 Å². The molecule has 0 aliphatic rings. The molecule has 0 amide bonds. The summed E-state index contributed by atoms with van der Waals surface area (Å²) in [5.41, 5.74) is 2.07. The molecule has 0 saturated heterocycles. The summed E-state index contributed by atoms with van der Waals surface area (Å²) in [6.45, 7) is 3.10. The topological polar surface area (TPSA) is 55.6 Å². The van der Waals surface area contributed by atoms with Crippen molar-refractivity contribution in [2.24, 2.45) is 7.05 Å². The number of rotatable bonds is 5. The molecule has 2 aromatic heterocycles. The molecule has 0 saturated carbocycles. The summed E-state index contributed by atoms with van der Waals surface area (Å²) >= 11 is 1.23. The van der Waals surface area contributed by atoms with Crippen LogP contribution in [0.3, 0.4) is 0 Å². The SMILES string of the molecule is CCCNC(c1cnsn1)c1ccnn1C. The van der Waals surface area contributed by atoms with Gasteiger partial charge < -0.3 is 5.32 Å². The first-order chi connectivity index (χ1) is 7.83. The summed E-state index contributed by atoms with van der Waals surface area (Å²) in [5.74, 6) is 0. The van der Waals surface area contributed by atoms with Crippen molar-refractivity contribution in [2.45, 2.75) is 19.4 Å². The van der Waals surface area contributed by atoms with Crippen molar-refractivity contribution in [1.29, 1.82) is 0 Å². The largest absolute Gasteiger partial charge is 0.304 e. The minimum Gasteiger partial charge on any atom is -0.304 e. The molecule has 1 unspecified atom stereocenters. The zero-order valence-electron chi connectivity index (χ0n) is 9.42. The predicted molar refractivity (Wildman–Crippen MR) is 63.3 cm³/mol. The maximum absolute atomic E-state index is 4.29. The lowest BCUT2D eigenvalue weighted by Crippen LogP contribution is -2.25. The Morgan fingerprint density at radius 1 is 1.56 bits per heavy atom. The predicted octanol–water partition coefficient (Wildman–Crippen LogP) is 1.36. The normalized spacial score (nSPS) is 12.9. The van der Waals surface area contributed by atoms with Crippen LogP contribution in [0.2, 0.25) is 0 Å². The molecule has 5 nitrogen and oxygen atoms in total. The van der Waals surface area contributed by atoms with E-state index in [4.69, 9.17) is 0 Å². The highest BCUT2D eigenvalue weighted by molar-refractivity contribution is 6.99. The van der Waals surface area contributed by atoms with Crippen LogP contribution in [-0.2, 0) is 7.05 Å². The molecule has 1 N–H and O–H groups in total. The van der Waals surface area contributed by atoms with Gasteiger partial charge in [-0.1, -0.05) is 6.92 Å². The fourth-order valence-corrected chi connectivity index (χ4v) is 2.06. The Kier molecular flexibility index (Phi) is 3.63. The van der Waals surface area contributed by atoms with Crippen molar-refractivity contribution >= 4 is 11.7 Å². The van der Waals surface area contributed by atoms with Gasteiger partial charge in [-0.2, -0.15) is 13.8 Å². The van der Waals surface area contributed by atoms with Crippen molar-refractivity contribution in [3.05, 3.63) is 29.8 Å². The molecule has 0 aromatic carbocycles. The summed E-state index contributed by atoms with van der Waals surface area (Å²) in [6, 6.07) is 2.10. The number of aryl methyl sites for hydroxylation is 1. The number of hydrogen-bond donors (Lipinski definition) is 1. The average Bonchev–Trinajstić information content (AvgIpc) is 2.91. The maximum atomic E-state index is 4.29. The van der Waals surface area contributed by atoms with Gasteiger partial charge in [0.2, 0.25) is 0 Å². The zero-order chi connectivity index (χ0) is 11.4. The van der Waals surface area contributed by atoms with E-state index >= 15 is 0 Å². The van der Waals surface area contributed by atoms with Crippen molar-refractivity contribution in [2.75, 3.05) is 6.54 Å². The highest BCUT2D eigenvalue weighted by atomic mass is 32.1. The number of aromatic nitrogens is 4. The van der Waals surface area contributed by atoms with Crippen LogP contribution in [0.25, 0.3) is 0 Å². The van der Waals surface area contributed by atoms with E-state index in [-0.39, 0.29) is 6.04 Å². The molecule has 2 heterocycles. The van der Waals surface area contributed by atoms with Crippen LogP contribution in [-0.4, -0.2) is 25.1 Å². The van der Waals surface area contributed by atoms with E-state index in [1.165, 1.54) is 11.7 Å². The Labute approximate surface area is 98.8 Å². The van der Waals surface area contributed by atoms with E-state index in [0.717, 1.165) is 24.4 Å². The minimum absolute atomic E-state index is 0.0891. The van der Waals surface area contributed by atoms with Crippen LogP contribution < -0.4 is 5.32 Å². The number of hydrogen-bond acceptors (Lipinski definition) is 5. The highest BCUT2D eigenvalue weighted by Gasteiger charge is 2.18. The van der Waals surface area contributed by atoms with Crippen molar-refractivity contribution in [3.63, 3.8) is 0 Å². The number of nitrogens with zero attached hydrogens (tertiary/aromatic N) is 4. The van der Waals surface area contributed by atoms with Crippen LogP contribution in [0.1, 0.15) is 30.8 Å². The summed E-state index contributed by atoms with van der Waals surface area (Å²) in [7, 11) is 1.94. The lowest BCUT2D eigenvalue weighted by Gasteiger charge is -2.16. The van der Waals surface area contributed by atoms with Gasteiger partial charge in [-0.15, -0.1) is 0 Å². The van der Waals surface area contributed by atoms with Gasteiger partial charge in [0.25, 0.3) is 0 Å². The van der Waals surface area contributed by atoms with Crippen LogP contribution >= 0.6 is 11.7 Å². The third-order valence-electron chi connectivity index (χ3n) is 2.43. The molecule has 0 bridgehead atoms. The fourth-order valence-electron chi connectivity index (χ4n) is 1.62. The average molecular weight is 237 g/mol. The van der Waals surface area contributed by atoms with Gasteiger partial charge in [0.05, 0.1) is 35.4 Å². The maximum Gasteiger partial charge on any atom is 0.0973 e. The molecule has 0 radical (unpaired) electrons. The second-order valence-corrected chi connectivity index (χ2v) is 4.16. The van der Waals surface area contributed by atoms with Gasteiger partial charge in [-0.05, 0) is 19.0 Å². The van der Waals surface area contributed by atoms with Gasteiger partial charge in [-0.25, -0.2) is 0 Å². The molecule has 16 heavy (non-hydrogen) atoms. The molecule has 2 aromatic rings. The minimum atomic E-state index is 0.0891. The van der Waals surface area contributed by atoms with Gasteiger partial charge in [0, 0.05) is 13.2 Å². The lowest BCUT2D eigenvalue weighted by molar-refractivity contribution is 0.546. The van der Waals surface area contributed by atoms with Crippen LogP contribution in [0.5, 0.6) is 0 Å². The standard InChI is InChI=1S/C10H15N5S/c1-3-5-11-10(8-7-13-16-14-8)9-4-6-12-15(9)2/h4,6-7,10-11H,3,5H2,1-2H3. The first-order valence-corrected chi connectivity index (χ1v) is 6.04. The second kappa shape index (κ2) is 5.18. The summed E-state index contributed by atoms with van der Waals surface area (Å²) in [6.07, 6.45) is 4.70. The molecule has 0 aliphatic heterocycles. The summed E-state index contributed by atoms with van der Waals surface area (Å²) in [4.78, 5) is 0. The third-order valence-corrected chi connectivity index (χ3v) is 2.92. The quantitative estimate of drug-likeness (QED) is 0.853. The Morgan fingerprint density at radius 2 is 2.44 bits per heavy atom. The lowest BCUT2D eigenvalue weighted by atomic mass is 10.1. The molecule has 6 heteroatoms. The Balaban J connectivity index is 2.25. The van der Waals surface area contributed by atoms with Gasteiger partial charge in [0.1, 0.15) is 0 Å². The van der Waals surface area contributed by atoms with Gasteiger partial charge in [0.15, 0.2) is 0 Å². The molecule has 0 aliphatic carbocycles. The van der Waals surface area contributed by atoms with Gasteiger partial charge >= 0.3 is 0 Å². The van der Waals surface area contributed by atoms with E-state index in [2.05, 4.69) is 26.1 Å². The van der Waals surface area contributed by atoms with Crippen molar-refractivity contribution < 1.29 is 0 Å².